The standard InChI is InChI=1S/C12H17FN2O2/c13-10-3-9(4-11(14)5-10)6-15-1-2-17-8-12(15)7-16/h3-5,12,16H,1-2,6-8,14H2. The lowest BCUT2D eigenvalue weighted by Gasteiger charge is -2.34. The third-order valence-corrected chi connectivity index (χ3v) is 2.93. The number of morpholine rings is 1. The summed E-state index contributed by atoms with van der Waals surface area (Å²) in [5.74, 6) is -0.325. The van der Waals surface area contributed by atoms with Gasteiger partial charge in [-0.15, -0.1) is 0 Å². The Morgan fingerprint density at radius 1 is 1.47 bits per heavy atom. The molecule has 0 saturated carbocycles. The summed E-state index contributed by atoms with van der Waals surface area (Å²) in [6.45, 7) is 2.52. The number of hydrogen-bond acceptors (Lipinski definition) is 4. The number of rotatable bonds is 3. The lowest BCUT2D eigenvalue weighted by Crippen LogP contribution is -2.46. The van der Waals surface area contributed by atoms with Gasteiger partial charge in [0.15, 0.2) is 0 Å². The van der Waals surface area contributed by atoms with Crippen molar-refractivity contribution in [3.8, 4) is 0 Å². The molecule has 1 fully saturated rings. The first kappa shape index (κ1) is 12.3. The van der Waals surface area contributed by atoms with Crippen molar-refractivity contribution in [2.75, 3.05) is 32.1 Å². The molecule has 1 aromatic carbocycles. The Morgan fingerprint density at radius 2 is 2.29 bits per heavy atom. The highest BCUT2D eigenvalue weighted by Crippen LogP contribution is 2.16. The number of aliphatic hydroxyl groups excluding tert-OH is 1. The van der Waals surface area contributed by atoms with Crippen molar-refractivity contribution in [2.45, 2.75) is 12.6 Å². The van der Waals surface area contributed by atoms with Crippen molar-refractivity contribution in [1.29, 1.82) is 0 Å². The van der Waals surface area contributed by atoms with Gasteiger partial charge in [0, 0.05) is 18.8 Å². The van der Waals surface area contributed by atoms with Crippen molar-refractivity contribution in [3.05, 3.63) is 29.6 Å². The highest BCUT2D eigenvalue weighted by molar-refractivity contribution is 5.41. The van der Waals surface area contributed by atoms with Crippen molar-refractivity contribution in [3.63, 3.8) is 0 Å². The fourth-order valence-electron chi connectivity index (χ4n) is 2.07. The minimum absolute atomic E-state index is 0.0201. The third-order valence-electron chi connectivity index (χ3n) is 2.93. The Morgan fingerprint density at radius 3 is 3.00 bits per heavy atom. The van der Waals surface area contributed by atoms with Gasteiger partial charge in [-0.2, -0.15) is 0 Å². The number of halogens is 1. The number of ether oxygens (including phenoxy) is 1. The normalized spacial score (nSPS) is 21.6. The van der Waals surface area contributed by atoms with E-state index in [2.05, 4.69) is 4.90 Å². The number of anilines is 1. The van der Waals surface area contributed by atoms with Gasteiger partial charge in [-0.25, -0.2) is 4.39 Å². The molecular weight excluding hydrogens is 223 g/mol. The molecule has 3 N–H and O–H groups in total. The summed E-state index contributed by atoms with van der Waals surface area (Å²) in [4.78, 5) is 2.08. The molecule has 0 bridgehead atoms. The molecule has 2 rings (SSSR count). The van der Waals surface area contributed by atoms with Crippen LogP contribution < -0.4 is 5.73 Å². The van der Waals surface area contributed by atoms with Crippen LogP contribution in [0.2, 0.25) is 0 Å². The van der Waals surface area contributed by atoms with Crippen LogP contribution in [-0.2, 0) is 11.3 Å². The molecular formula is C12H17FN2O2. The number of nitrogens with two attached hydrogens (primary N) is 1. The van der Waals surface area contributed by atoms with Crippen molar-refractivity contribution >= 4 is 5.69 Å². The first-order valence-corrected chi connectivity index (χ1v) is 5.66. The monoisotopic (exact) mass is 240 g/mol. The molecule has 0 aromatic heterocycles. The van der Waals surface area contributed by atoms with Crippen molar-refractivity contribution < 1.29 is 14.2 Å². The Balaban J connectivity index is 2.08. The van der Waals surface area contributed by atoms with E-state index in [4.69, 9.17) is 10.5 Å². The second-order valence-corrected chi connectivity index (χ2v) is 4.27. The van der Waals surface area contributed by atoms with E-state index in [0.717, 1.165) is 12.1 Å². The molecule has 17 heavy (non-hydrogen) atoms. The van der Waals surface area contributed by atoms with Crippen LogP contribution in [-0.4, -0.2) is 42.4 Å². The Hall–Kier alpha value is -1.17. The van der Waals surface area contributed by atoms with E-state index in [1.165, 1.54) is 12.1 Å². The van der Waals surface area contributed by atoms with Gasteiger partial charge in [0.1, 0.15) is 5.82 Å². The lowest BCUT2D eigenvalue weighted by atomic mass is 10.1. The van der Waals surface area contributed by atoms with E-state index in [0.29, 0.717) is 25.4 Å². The van der Waals surface area contributed by atoms with Crippen molar-refractivity contribution in [1.82, 2.24) is 4.90 Å². The van der Waals surface area contributed by atoms with E-state index in [9.17, 15) is 9.50 Å². The van der Waals surface area contributed by atoms with E-state index in [1.807, 2.05) is 0 Å². The molecule has 1 aliphatic rings. The van der Waals surface area contributed by atoms with Crippen LogP contribution in [0.4, 0.5) is 10.1 Å². The topological polar surface area (TPSA) is 58.7 Å². The molecule has 94 valence electrons. The number of benzene rings is 1. The van der Waals surface area contributed by atoms with Crippen LogP contribution >= 0.6 is 0 Å². The average Bonchev–Trinajstić information content (AvgIpc) is 2.28. The summed E-state index contributed by atoms with van der Waals surface area (Å²) >= 11 is 0. The highest BCUT2D eigenvalue weighted by Gasteiger charge is 2.22. The third kappa shape index (κ3) is 3.15. The molecule has 1 saturated heterocycles. The maximum absolute atomic E-state index is 13.2. The zero-order valence-corrected chi connectivity index (χ0v) is 9.60. The molecule has 0 amide bonds. The van der Waals surface area contributed by atoms with Crippen LogP contribution in [0.3, 0.4) is 0 Å². The van der Waals surface area contributed by atoms with Crippen molar-refractivity contribution in [2.24, 2.45) is 0 Å². The summed E-state index contributed by atoms with van der Waals surface area (Å²) in [7, 11) is 0. The summed E-state index contributed by atoms with van der Waals surface area (Å²) in [6, 6.07) is 4.51. The molecule has 0 spiro atoms. The predicted molar refractivity (Wildman–Crippen MR) is 62.9 cm³/mol. The second-order valence-electron chi connectivity index (χ2n) is 4.27. The molecule has 1 heterocycles. The Bertz CT molecular complexity index is 367. The molecule has 1 atom stereocenters. The summed E-state index contributed by atoms with van der Waals surface area (Å²) < 4.78 is 18.5. The fraction of sp³-hybridized carbons (Fsp3) is 0.500. The molecule has 1 unspecified atom stereocenters. The molecule has 4 nitrogen and oxygen atoms in total. The van der Waals surface area contributed by atoms with Gasteiger partial charge in [0.05, 0.1) is 25.9 Å². The SMILES string of the molecule is Nc1cc(F)cc(CN2CCOCC2CO)c1. The summed E-state index contributed by atoms with van der Waals surface area (Å²) in [6.07, 6.45) is 0. The van der Waals surface area contributed by atoms with E-state index >= 15 is 0 Å². The largest absolute Gasteiger partial charge is 0.399 e. The molecule has 5 heteroatoms. The minimum atomic E-state index is -0.325. The fourth-order valence-corrected chi connectivity index (χ4v) is 2.07. The number of nitrogens with zero attached hydrogens (tertiary/aromatic N) is 1. The van der Waals surface area contributed by atoms with E-state index in [-0.39, 0.29) is 18.5 Å². The first-order chi connectivity index (χ1) is 8.19. The van der Waals surface area contributed by atoms with Crippen LogP contribution in [0.25, 0.3) is 0 Å². The Kier molecular flexibility index (Phi) is 3.93. The average molecular weight is 240 g/mol. The van der Waals surface area contributed by atoms with Crippen LogP contribution in [0.15, 0.2) is 18.2 Å². The number of aliphatic hydroxyl groups is 1. The molecule has 0 radical (unpaired) electrons. The lowest BCUT2D eigenvalue weighted by molar-refractivity contribution is -0.0312. The summed E-state index contributed by atoms with van der Waals surface area (Å²) in [5.41, 5.74) is 6.85. The predicted octanol–water partition coefficient (Wildman–Crippen LogP) is 0.601. The quantitative estimate of drug-likeness (QED) is 0.760. The maximum atomic E-state index is 13.2. The highest BCUT2D eigenvalue weighted by atomic mass is 19.1. The van der Waals surface area contributed by atoms with Gasteiger partial charge in [0.2, 0.25) is 0 Å². The van der Waals surface area contributed by atoms with Gasteiger partial charge in [-0.05, 0) is 23.8 Å². The molecule has 1 aromatic rings. The van der Waals surface area contributed by atoms with Gasteiger partial charge < -0.3 is 15.6 Å². The maximum Gasteiger partial charge on any atom is 0.125 e. The molecule has 0 aliphatic carbocycles. The number of nitrogen functional groups attached to an aromatic ring is 1. The van der Waals surface area contributed by atoms with E-state index < -0.39 is 0 Å². The first-order valence-electron chi connectivity index (χ1n) is 5.66. The van der Waals surface area contributed by atoms with E-state index in [1.54, 1.807) is 6.07 Å². The number of hydrogen-bond donors (Lipinski definition) is 2. The molecule has 1 aliphatic heterocycles. The van der Waals surface area contributed by atoms with Gasteiger partial charge >= 0.3 is 0 Å². The minimum Gasteiger partial charge on any atom is -0.399 e. The van der Waals surface area contributed by atoms with Gasteiger partial charge in [-0.1, -0.05) is 0 Å². The Labute approximate surface area is 99.8 Å². The van der Waals surface area contributed by atoms with Crippen LogP contribution in [0.5, 0.6) is 0 Å². The zero-order chi connectivity index (χ0) is 12.3. The summed E-state index contributed by atoms with van der Waals surface area (Å²) in [5, 5.41) is 9.23. The van der Waals surface area contributed by atoms with Gasteiger partial charge in [0.25, 0.3) is 0 Å². The van der Waals surface area contributed by atoms with Crippen LogP contribution in [0, 0.1) is 5.82 Å². The smallest absolute Gasteiger partial charge is 0.125 e. The second kappa shape index (κ2) is 5.44. The van der Waals surface area contributed by atoms with Gasteiger partial charge in [-0.3, -0.25) is 4.90 Å². The van der Waals surface area contributed by atoms with Crippen LogP contribution in [0.1, 0.15) is 5.56 Å². The zero-order valence-electron chi connectivity index (χ0n) is 9.60.